The number of rotatable bonds is 4. The second-order valence-corrected chi connectivity index (χ2v) is 7.26. The topological polar surface area (TPSA) is 42.3 Å². The first-order chi connectivity index (χ1) is 13.1. The molecule has 0 unspecified atom stereocenters. The van der Waals surface area contributed by atoms with Crippen LogP contribution >= 0.6 is 11.8 Å². The zero-order valence-electron chi connectivity index (χ0n) is 14.9. The Morgan fingerprint density at radius 1 is 1.04 bits per heavy atom. The van der Waals surface area contributed by atoms with Gasteiger partial charge in [0.15, 0.2) is 0 Å². The number of aromatic nitrogens is 1. The summed E-state index contributed by atoms with van der Waals surface area (Å²) in [6.07, 6.45) is 3.69. The minimum Gasteiger partial charge on any atom is -0.340 e. The van der Waals surface area contributed by atoms with Gasteiger partial charge >= 0.3 is 0 Å². The molecule has 134 valence electrons. The van der Waals surface area contributed by atoms with Crippen molar-refractivity contribution in [2.45, 2.75) is 13.5 Å². The van der Waals surface area contributed by atoms with Gasteiger partial charge in [-0.2, -0.15) is 0 Å². The van der Waals surface area contributed by atoms with Crippen molar-refractivity contribution in [1.29, 1.82) is 0 Å². The number of anilines is 1. The van der Waals surface area contributed by atoms with E-state index in [1.54, 1.807) is 12.1 Å². The highest BCUT2D eigenvalue weighted by molar-refractivity contribution is 8.19. The first kappa shape index (κ1) is 17.4. The normalized spacial score (nSPS) is 15.9. The molecule has 4 nitrogen and oxygen atoms in total. The Kier molecular flexibility index (Phi) is 4.46. The molecular formula is C22H18N2O2S. The van der Waals surface area contributed by atoms with E-state index in [0.29, 0.717) is 17.1 Å². The van der Waals surface area contributed by atoms with E-state index in [1.165, 1.54) is 4.90 Å². The third kappa shape index (κ3) is 2.90. The van der Waals surface area contributed by atoms with Gasteiger partial charge in [0.25, 0.3) is 11.1 Å². The van der Waals surface area contributed by atoms with Crippen LogP contribution in [0.1, 0.15) is 11.3 Å². The van der Waals surface area contributed by atoms with Crippen LogP contribution < -0.4 is 4.90 Å². The first-order valence-electron chi connectivity index (χ1n) is 8.63. The van der Waals surface area contributed by atoms with Gasteiger partial charge in [-0.1, -0.05) is 42.5 Å². The fourth-order valence-corrected chi connectivity index (χ4v) is 4.23. The summed E-state index contributed by atoms with van der Waals surface area (Å²) in [6, 6.07) is 17.1. The van der Waals surface area contributed by atoms with E-state index in [-0.39, 0.29) is 11.1 Å². The SMILES string of the molecule is C=CCn1c(C)c(/C=C2\SC(=O)N(c3ccccc3)C2=O)c2ccccc21. The van der Waals surface area contributed by atoms with Crippen molar-refractivity contribution in [3.8, 4) is 0 Å². The molecule has 27 heavy (non-hydrogen) atoms. The summed E-state index contributed by atoms with van der Waals surface area (Å²) in [5.74, 6) is -0.281. The average molecular weight is 374 g/mol. The minimum atomic E-state index is -0.281. The molecule has 1 aliphatic heterocycles. The van der Waals surface area contributed by atoms with Crippen molar-refractivity contribution >= 4 is 45.6 Å². The van der Waals surface area contributed by atoms with Crippen LogP contribution in [-0.4, -0.2) is 15.7 Å². The van der Waals surface area contributed by atoms with Gasteiger partial charge in [0, 0.05) is 28.7 Å². The monoisotopic (exact) mass is 374 g/mol. The predicted molar refractivity (Wildman–Crippen MR) is 112 cm³/mol. The van der Waals surface area contributed by atoms with Crippen molar-refractivity contribution in [1.82, 2.24) is 4.57 Å². The van der Waals surface area contributed by atoms with E-state index in [1.807, 2.05) is 55.5 Å². The Bertz CT molecular complexity index is 1100. The number of benzene rings is 2. The molecule has 0 bridgehead atoms. The molecule has 3 aromatic rings. The predicted octanol–water partition coefficient (Wildman–Crippen LogP) is 5.38. The molecule has 4 rings (SSSR count). The standard InChI is InChI=1S/C22H18N2O2S/c1-3-13-23-15(2)18(17-11-7-8-12-19(17)23)14-20-21(25)24(22(26)27-20)16-9-5-4-6-10-16/h3-12,14H,1,13H2,2H3/b20-14-. The lowest BCUT2D eigenvalue weighted by Gasteiger charge is -2.11. The number of carbonyl (C=O) groups excluding carboxylic acids is 2. The van der Waals surface area contributed by atoms with Crippen LogP contribution in [0, 0.1) is 6.92 Å². The molecule has 1 fully saturated rings. The maximum atomic E-state index is 12.9. The number of carbonyl (C=O) groups is 2. The maximum absolute atomic E-state index is 12.9. The van der Waals surface area contributed by atoms with Gasteiger partial charge in [-0.05, 0) is 43.0 Å². The molecule has 0 spiro atoms. The van der Waals surface area contributed by atoms with Gasteiger partial charge in [-0.3, -0.25) is 9.59 Å². The van der Waals surface area contributed by atoms with Crippen LogP contribution in [0.4, 0.5) is 10.5 Å². The molecule has 2 amide bonds. The van der Waals surface area contributed by atoms with E-state index in [9.17, 15) is 9.59 Å². The van der Waals surface area contributed by atoms with Crippen LogP contribution in [0.25, 0.3) is 17.0 Å². The summed E-state index contributed by atoms with van der Waals surface area (Å²) in [4.78, 5) is 27.0. The Balaban J connectivity index is 1.81. The Hall–Kier alpha value is -3.05. The molecular weight excluding hydrogens is 356 g/mol. The lowest BCUT2D eigenvalue weighted by molar-refractivity contribution is -0.113. The molecule has 0 atom stereocenters. The lowest BCUT2D eigenvalue weighted by atomic mass is 10.1. The maximum Gasteiger partial charge on any atom is 0.298 e. The van der Waals surface area contributed by atoms with Crippen LogP contribution in [-0.2, 0) is 11.3 Å². The number of hydrogen-bond donors (Lipinski definition) is 0. The van der Waals surface area contributed by atoms with E-state index >= 15 is 0 Å². The molecule has 0 N–H and O–H groups in total. The first-order valence-corrected chi connectivity index (χ1v) is 9.45. The van der Waals surface area contributed by atoms with Gasteiger partial charge in [0.05, 0.1) is 10.6 Å². The highest BCUT2D eigenvalue weighted by atomic mass is 32.2. The van der Waals surface area contributed by atoms with Crippen molar-refractivity contribution in [3.63, 3.8) is 0 Å². The summed E-state index contributed by atoms with van der Waals surface area (Å²) in [6.45, 7) is 6.55. The smallest absolute Gasteiger partial charge is 0.298 e. The molecule has 1 aromatic heterocycles. The van der Waals surface area contributed by atoms with Gasteiger partial charge in [-0.25, -0.2) is 4.90 Å². The third-order valence-corrected chi connectivity index (χ3v) is 5.54. The van der Waals surface area contributed by atoms with Crippen LogP contribution in [0.3, 0.4) is 0 Å². The second kappa shape index (κ2) is 6.93. The quantitative estimate of drug-likeness (QED) is 0.455. The van der Waals surface area contributed by atoms with Crippen LogP contribution in [0.5, 0.6) is 0 Å². The number of hydrogen-bond acceptors (Lipinski definition) is 3. The average Bonchev–Trinajstić information content (AvgIpc) is 3.11. The van der Waals surface area contributed by atoms with Gasteiger partial charge < -0.3 is 4.57 Å². The number of nitrogens with zero attached hydrogens (tertiary/aromatic N) is 2. The van der Waals surface area contributed by atoms with E-state index in [4.69, 9.17) is 0 Å². The Morgan fingerprint density at radius 2 is 1.74 bits per heavy atom. The summed E-state index contributed by atoms with van der Waals surface area (Å²) < 4.78 is 2.16. The number of para-hydroxylation sites is 2. The molecule has 0 radical (unpaired) electrons. The van der Waals surface area contributed by atoms with Gasteiger partial charge in [0.2, 0.25) is 0 Å². The summed E-state index contributed by atoms with van der Waals surface area (Å²) in [5.41, 5.74) is 3.69. The van der Waals surface area contributed by atoms with Crippen molar-refractivity contribution in [3.05, 3.63) is 83.4 Å². The number of allylic oxidation sites excluding steroid dienone is 1. The highest BCUT2D eigenvalue weighted by Gasteiger charge is 2.36. The largest absolute Gasteiger partial charge is 0.340 e. The number of amides is 2. The Morgan fingerprint density at radius 3 is 2.48 bits per heavy atom. The summed E-state index contributed by atoms with van der Waals surface area (Å²) in [7, 11) is 0. The molecule has 2 aromatic carbocycles. The Labute approximate surface area is 161 Å². The lowest BCUT2D eigenvalue weighted by Crippen LogP contribution is -2.27. The van der Waals surface area contributed by atoms with E-state index in [2.05, 4.69) is 17.2 Å². The molecule has 2 heterocycles. The molecule has 0 aliphatic carbocycles. The summed E-state index contributed by atoms with van der Waals surface area (Å²) in [5, 5.41) is 0.785. The van der Waals surface area contributed by atoms with Crippen LogP contribution in [0.15, 0.2) is 72.2 Å². The van der Waals surface area contributed by atoms with Crippen molar-refractivity contribution in [2.24, 2.45) is 0 Å². The van der Waals surface area contributed by atoms with Gasteiger partial charge in [-0.15, -0.1) is 6.58 Å². The highest BCUT2D eigenvalue weighted by Crippen LogP contribution is 2.37. The minimum absolute atomic E-state index is 0.273. The molecule has 5 heteroatoms. The van der Waals surface area contributed by atoms with Crippen molar-refractivity contribution < 1.29 is 9.59 Å². The van der Waals surface area contributed by atoms with E-state index in [0.717, 1.165) is 33.9 Å². The number of thioether (sulfide) groups is 1. The second-order valence-electron chi connectivity index (χ2n) is 6.27. The zero-order chi connectivity index (χ0) is 19.0. The van der Waals surface area contributed by atoms with Crippen LogP contribution in [0.2, 0.25) is 0 Å². The molecule has 1 aliphatic rings. The number of fused-ring (bicyclic) bond motifs is 1. The molecule has 0 saturated carbocycles. The number of imide groups is 1. The fourth-order valence-electron chi connectivity index (χ4n) is 3.40. The fraction of sp³-hybridized carbons (Fsp3) is 0.0909. The zero-order valence-corrected chi connectivity index (χ0v) is 15.7. The van der Waals surface area contributed by atoms with Gasteiger partial charge in [0.1, 0.15) is 0 Å². The third-order valence-electron chi connectivity index (χ3n) is 4.67. The molecule has 1 saturated heterocycles. The van der Waals surface area contributed by atoms with Crippen molar-refractivity contribution in [2.75, 3.05) is 4.90 Å². The summed E-state index contributed by atoms with van der Waals surface area (Å²) >= 11 is 0.980. The van der Waals surface area contributed by atoms with E-state index < -0.39 is 0 Å².